The summed E-state index contributed by atoms with van der Waals surface area (Å²) in [5.74, 6) is -4.64. The number of hydrogen-bond acceptors (Lipinski definition) is 3. The minimum absolute atomic E-state index is 0.0761. The van der Waals surface area contributed by atoms with Crippen molar-refractivity contribution < 1.29 is 24.6 Å². The van der Waals surface area contributed by atoms with Crippen LogP contribution in [0, 0.1) is 17.8 Å². The summed E-state index contributed by atoms with van der Waals surface area (Å²) >= 11 is 5.93. The molecule has 1 aromatic carbocycles. The van der Waals surface area contributed by atoms with Crippen molar-refractivity contribution in [2.24, 2.45) is 17.8 Å². The topological polar surface area (TPSA) is 94.9 Å². The molecule has 3 unspecified atom stereocenters. The van der Waals surface area contributed by atoms with Gasteiger partial charge in [0, 0.05) is 18.1 Å². The van der Waals surface area contributed by atoms with Crippen molar-refractivity contribution in [1.82, 2.24) is 4.90 Å². The van der Waals surface area contributed by atoms with Gasteiger partial charge in [-0.2, -0.15) is 0 Å². The highest BCUT2D eigenvalue weighted by molar-refractivity contribution is 6.30. The molecule has 1 saturated heterocycles. The summed E-state index contributed by atoms with van der Waals surface area (Å²) < 4.78 is 0. The normalized spacial score (nSPS) is 21.5. The molecule has 0 radical (unpaired) electrons. The Labute approximate surface area is 157 Å². The van der Waals surface area contributed by atoms with Crippen LogP contribution in [0.4, 0.5) is 0 Å². The molecule has 3 atom stereocenters. The first-order valence-corrected chi connectivity index (χ1v) is 9.08. The van der Waals surface area contributed by atoms with E-state index in [0.717, 1.165) is 5.56 Å². The summed E-state index contributed by atoms with van der Waals surface area (Å²) in [4.78, 5) is 37.4. The van der Waals surface area contributed by atoms with Gasteiger partial charge in [-0.1, -0.05) is 37.6 Å². The molecule has 6 nitrogen and oxygen atoms in total. The van der Waals surface area contributed by atoms with Crippen LogP contribution < -0.4 is 0 Å². The second-order valence-corrected chi connectivity index (χ2v) is 7.63. The molecule has 0 bridgehead atoms. The van der Waals surface area contributed by atoms with Crippen LogP contribution in [0.15, 0.2) is 24.3 Å². The fourth-order valence-electron chi connectivity index (χ4n) is 3.46. The Hall–Kier alpha value is -2.08. The quantitative estimate of drug-likeness (QED) is 0.789. The van der Waals surface area contributed by atoms with Crippen molar-refractivity contribution in [3.05, 3.63) is 34.9 Å². The van der Waals surface area contributed by atoms with Crippen LogP contribution >= 0.6 is 11.6 Å². The smallest absolute Gasteiger partial charge is 0.309 e. The maximum atomic E-state index is 13.1. The second kappa shape index (κ2) is 8.54. The Bertz CT molecular complexity index is 673. The van der Waals surface area contributed by atoms with Crippen LogP contribution in [0.25, 0.3) is 0 Å². The minimum Gasteiger partial charge on any atom is -0.481 e. The van der Waals surface area contributed by atoms with Gasteiger partial charge in [0.2, 0.25) is 5.91 Å². The Balaban J connectivity index is 2.23. The summed E-state index contributed by atoms with van der Waals surface area (Å²) in [5.41, 5.74) is 0.834. The van der Waals surface area contributed by atoms with Crippen molar-refractivity contribution in [3.8, 4) is 0 Å². The zero-order chi connectivity index (χ0) is 19.4. The van der Waals surface area contributed by atoms with Gasteiger partial charge in [0.1, 0.15) is 0 Å². The number of piperidine rings is 1. The number of carbonyl (C=O) groups excluding carboxylic acids is 1. The van der Waals surface area contributed by atoms with Crippen LogP contribution in [-0.4, -0.2) is 46.0 Å². The van der Waals surface area contributed by atoms with Gasteiger partial charge >= 0.3 is 11.9 Å². The fraction of sp³-hybridized carbons (Fsp3) is 0.526. The van der Waals surface area contributed by atoms with Crippen molar-refractivity contribution in [1.29, 1.82) is 0 Å². The van der Waals surface area contributed by atoms with Crippen LogP contribution in [0.3, 0.4) is 0 Å². The molecule has 0 aliphatic carbocycles. The zero-order valence-electron chi connectivity index (χ0n) is 14.9. The maximum Gasteiger partial charge on any atom is 0.309 e. The first kappa shape index (κ1) is 20.2. The summed E-state index contributed by atoms with van der Waals surface area (Å²) in [7, 11) is 0. The number of amides is 1. The fourth-order valence-corrected chi connectivity index (χ4v) is 3.59. The van der Waals surface area contributed by atoms with E-state index in [1.54, 1.807) is 12.1 Å². The van der Waals surface area contributed by atoms with Crippen molar-refractivity contribution in [3.63, 3.8) is 0 Å². The lowest BCUT2D eigenvalue weighted by molar-refractivity contribution is -0.159. The molecule has 1 amide bonds. The molecule has 0 saturated carbocycles. The Kier molecular flexibility index (Phi) is 6.64. The van der Waals surface area contributed by atoms with Crippen LogP contribution in [-0.2, 0) is 14.4 Å². The van der Waals surface area contributed by atoms with Crippen molar-refractivity contribution in [2.75, 3.05) is 13.1 Å². The molecule has 142 valence electrons. The highest BCUT2D eigenvalue weighted by Gasteiger charge is 2.41. The summed E-state index contributed by atoms with van der Waals surface area (Å²) in [5, 5.41) is 19.2. The Morgan fingerprint density at radius 1 is 1.12 bits per heavy atom. The van der Waals surface area contributed by atoms with Crippen molar-refractivity contribution in [2.45, 2.75) is 32.6 Å². The monoisotopic (exact) mass is 381 g/mol. The van der Waals surface area contributed by atoms with Crippen LogP contribution in [0.2, 0.25) is 5.02 Å². The van der Waals surface area contributed by atoms with Gasteiger partial charge in [-0.25, -0.2) is 0 Å². The number of carbonyl (C=O) groups is 3. The van der Waals surface area contributed by atoms with E-state index in [4.69, 9.17) is 11.6 Å². The summed E-state index contributed by atoms with van der Waals surface area (Å²) in [6.07, 6.45) is 0.768. The lowest BCUT2D eigenvalue weighted by Gasteiger charge is -2.36. The molecule has 2 rings (SSSR count). The SMILES string of the molecule is CC(C)CC(C(=O)N1CCC(C(=O)O)C(C(=O)O)C1)c1ccc(Cl)cc1. The molecular formula is C19H24ClNO5. The standard InChI is InChI=1S/C19H24ClNO5/c1-11(2)9-15(12-3-5-13(20)6-4-12)17(22)21-8-7-14(18(23)24)16(10-21)19(25)26/h3-6,11,14-16H,7-10H2,1-2H3,(H,23,24)(H,25,26). The third kappa shape index (κ3) is 4.75. The van der Waals surface area contributed by atoms with Gasteiger partial charge in [0.05, 0.1) is 17.8 Å². The molecule has 1 aliphatic heterocycles. The highest BCUT2D eigenvalue weighted by atomic mass is 35.5. The van der Waals surface area contributed by atoms with E-state index in [1.165, 1.54) is 4.90 Å². The van der Waals surface area contributed by atoms with E-state index in [-0.39, 0.29) is 31.3 Å². The molecule has 0 spiro atoms. The van der Waals surface area contributed by atoms with Crippen molar-refractivity contribution >= 4 is 29.4 Å². The Morgan fingerprint density at radius 2 is 1.69 bits per heavy atom. The van der Waals surface area contributed by atoms with Crippen LogP contribution in [0.1, 0.15) is 38.2 Å². The molecule has 1 heterocycles. The molecular weight excluding hydrogens is 358 g/mol. The van der Waals surface area contributed by atoms with Gasteiger partial charge in [-0.15, -0.1) is 0 Å². The van der Waals surface area contributed by atoms with Gasteiger partial charge in [-0.3, -0.25) is 14.4 Å². The van der Waals surface area contributed by atoms with Gasteiger partial charge in [0.25, 0.3) is 0 Å². The molecule has 7 heteroatoms. The number of carboxylic acids is 2. The average molecular weight is 382 g/mol. The molecule has 1 fully saturated rings. The lowest BCUT2D eigenvalue weighted by atomic mass is 9.83. The van der Waals surface area contributed by atoms with Crippen LogP contribution in [0.5, 0.6) is 0 Å². The number of rotatable bonds is 6. The summed E-state index contributed by atoms with van der Waals surface area (Å²) in [6, 6.07) is 7.08. The molecule has 1 aliphatic rings. The van der Waals surface area contributed by atoms with Gasteiger partial charge in [0.15, 0.2) is 0 Å². The van der Waals surface area contributed by atoms with Gasteiger partial charge in [-0.05, 0) is 36.5 Å². The summed E-state index contributed by atoms with van der Waals surface area (Å²) in [6.45, 7) is 4.22. The number of halogens is 1. The number of benzene rings is 1. The van der Waals surface area contributed by atoms with Gasteiger partial charge < -0.3 is 15.1 Å². The molecule has 0 aromatic heterocycles. The van der Waals surface area contributed by atoms with E-state index in [9.17, 15) is 24.6 Å². The molecule has 26 heavy (non-hydrogen) atoms. The highest BCUT2D eigenvalue weighted by Crippen LogP contribution is 2.31. The number of aliphatic carboxylic acids is 2. The predicted octanol–water partition coefficient (Wildman–Crippen LogP) is 3.10. The van der Waals surface area contributed by atoms with E-state index in [1.807, 2.05) is 26.0 Å². The largest absolute Gasteiger partial charge is 0.481 e. The first-order chi connectivity index (χ1) is 12.2. The van der Waals surface area contributed by atoms with E-state index < -0.39 is 29.7 Å². The number of likely N-dealkylation sites (tertiary alicyclic amines) is 1. The Morgan fingerprint density at radius 3 is 2.19 bits per heavy atom. The second-order valence-electron chi connectivity index (χ2n) is 7.20. The first-order valence-electron chi connectivity index (χ1n) is 8.70. The minimum atomic E-state index is -1.18. The number of nitrogens with zero attached hydrogens (tertiary/aromatic N) is 1. The third-order valence-electron chi connectivity index (χ3n) is 4.84. The predicted molar refractivity (Wildman–Crippen MR) is 97.1 cm³/mol. The van der Waals surface area contributed by atoms with E-state index >= 15 is 0 Å². The molecule has 2 N–H and O–H groups in total. The third-order valence-corrected chi connectivity index (χ3v) is 5.09. The average Bonchev–Trinajstić information content (AvgIpc) is 2.59. The van der Waals surface area contributed by atoms with E-state index in [2.05, 4.69) is 0 Å². The maximum absolute atomic E-state index is 13.1. The zero-order valence-corrected chi connectivity index (χ0v) is 15.6. The number of hydrogen-bond donors (Lipinski definition) is 2. The molecule has 1 aromatic rings. The lowest BCUT2D eigenvalue weighted by Crippen LogP contribution is -2.50. The number of carboxylic acid groups (broad SMARTS) is 2. The van der Waals surface area contributed by atoms with E-state index in [0.29, 0.717) is 11.4 Å².